The molecule has 2 unspecified atom stereocenters. The minimum Gasteiger partial charge on any atom is -0.481 e. The summed E-state index contributed by atoms with van der Waals surface area (Å²) in [5.74, 6) is -1.37. The van der Waals surface area contributed by atoms with Gasteiger partial charge in [0.2, 0.25) is 5.91 Å². The number of aliphatic carboxylic acids is 1. The van der Waals surface area contributed by atoms with Gasteiger partial charge in [-0.25, -0.2) is 0 Å². The average molecular weight is 265 g/mol. The summed E-state index contributed by atoms with van der Waals surface area (Å²) in [4.78, 5) is 25.0. The average Bonchev–Trinajstić information content (AvgIpc) is 2.86. The van der Waals surface area contributed by atoms with Crippen LogP contribution < -0.4 is 0 Å². The van der Waals surface area contributed by atoms with Gasteiger partial charge in [0, 0.05) is 31.3 Å². The largest absolute Gasteiger partial charge is 0.481 e. The summed E-state index contributed by atoms with van der Waals surface area (Å²) in [6, 6.07) is -0.399. The number of rotatable bonds is 4. The molecule has 1 aromatic rings. The smallest absolute Gasteiger partial charge is 0.308 e. The minimum atomic E-state index is -0.847. The van der Waals surface area contributed by atoms with Crippen LogP contribution >= 0.6 is 0 Å². The molecule has 0 bridgehead atoms. The molecule has 104 valence electrons. The first-order valence-electron chi connectivity index (χ1n) is 6.63. The molecule has 1 fully saturated rings. The van der Waals surface area contributed by atoms with Crippen LogP contribution in [-0.4, -0.2) is 38.2 Å². The molecule has 2 atom stereocenters. The van der Waals surface area contributed by atoms with Gasteiger partial charge >= 0.3 is 5.97 Å². The molecule has 0 radical (unpaired) electrons. The predicted octanol–water partition coefficient (Wildman–Crippen LogP) is 1.29. The summed E-state index contributed by atoms with van der Waals surface area (Å²) in [5.41, 5.74) is 0.809. The van der Waals surface area contributed by atoms with Crippen LogP contribution in [0.1, 0.15) is 38.3 Å². The Hall–Kier alpha value is -1.85. The molecular formula is C13H19N3O3. The molecule has 1 amide bonds. The third-order valence-corrected chi connectivity index (χ3v) is 3.68. The summed E-state index contributed by atoms with van der Waals surface area (Å²) >= 11 is 0. The molecule has 19 heavy (non-hydrogen) atoms. The predicted molar refractivity (Wildman–Crippen MR) is 68.4 cm³/mol. The molecule has 0 spiro atoms. The van der Waals surface area contributed by atoms with Crippen molar-refractivity contribution in [1.29, 1.82) is 0 Å². The van der Waals surface area contributed by atoms with E-state index in [9.17, 15) is 14.7 Å². The van der Waals surface area contributed by atoms with Crippen LogP contribution in [0.15, 0.2) is 12.4 Å². The number of carboxylic acids is 1. The SMILES string of the molecule is CCN1C(=O)CCC(C(=O)O)C1c1cnn(CC)c1. The van der Waals surface area contributed by atoms with E-state index < -0.39 is 17.9 Å². The maximum Gasteiger partial charge on any atom is 0.308 e. The Morgan fingerprint density at radius 2 is 2.21 bits per heavy atom. The zero-order valence-electron chi connectivity index (χ0n) is 11.2. The summed E-state index contributed by atoms with van der Waals surface area (Å²) in [6.07, 6.45) is 4.21. The fourth-order valence-electron chi connectivity index (χ4n) is 2.70. The number of amides is 1. The number of likely N-dealkylation sites (tertiary alicyclic amines) is 1. The van der Waals surface area contributed by atoms with E-state index in [0.717, 1.165) is 12.1 Å². The molecule has 0 aliphatic carbocycles. The zero-order chi connectivity index (χ0) is 14.0. The van der Waals surface area contributed by atoms with Gasteiger partial charge in [0.05, 0.1) is 18.2 Å². The van der Waals surface area contributed by atoms with Gasteiger partial charge in [-0.05, 0) is 20.3 Å². The van der Waals surface area contributed by atoms with E-state index in [2.05, 4.69) is 5.10 Å². The lowest BCUT2D eigenvalue weighted by molar-refractivity contribution is -0.151. The van der Waals surface area contributed by atoms with Crippen molar-refractivity contribution in [3.8, 4) is 0 Å². The van der Waals surface area contributed by atoms with Gasteiger partial charge in [0.15, 0.2) is 0 Å². The number of hydrogen-bond donors (Lipinski definition) is 1. The van der Waals surface area contributed by atoms with Crippen LogP contribution in [0, 0.1) is 5.92 Å². The number of carboxylic acid groups (broad SMARTS) is 1. The first-order valence-corrected chi connectivity index (χ1v) is 6.63. The van der Waals surface area contributed by atoms with Gasteiger partial charge < -0.3 is 10.0 Å². The summed E-state index contributed by atoms with van der Waals surface area (Å²) in [6.45, 7) is 5.09. The molecule has 1 aliphatic heterocycles. The Morgan fingerprint density at radius 1 is 1.47 bits per heavy atom. The maximum absolute atomic E-state index is 12.0. The van der Waals surface area contributed by atoms with Crippen LogP contribution in [0.2, 0.25) is 0 Å². The molecule has 1 N–H and O–H groups in total. The highest BCUT2D eigenvalue weighted by Gasteiger charge is 2.40. The molecule has 2 heterocycles. The van der Waals surface area contributed by atoms with Crippen molar-refractivity contribution in [2.45, 2.75) is 39.3 Å². The molecule has 0 saturated carbocycles. The van der Waals surface area contributed by atoms with Crippen molar-refractivity contribution in [1.82, 2.24) is 14.7 Å². The van der Waals surface area contributed by atoms with Crippen molar-refractivity contribution < 1.29 is 14.7 Å². The van der Waals surface area contributed by atoms with Crippen LogP contribution in [0.25, 0.3) is 0 Å². The van der Waals surface area contributed by atoms with Crippen molar-refractivity contribution in [2.24, 2.45) is 5.92 Å². The lowest BCUT2D eigenvalue weighted by Gasteiger charge is -2.38. The normalized spacial score (nSPS) is 23.7. The van der Waals surface area contributed by atoms with Gasteiger partial charge in [-0.1, -0.05) is 0 Å². The van der Waals surface area contributed by atoms with Gasteiger partial charge in [-0.3, -0.25) is 14.3 Å². The second-order valence-electron chi connectivity index (χ2n) is 4.74. The highest BCUT2D eigenvalue weighted by atomic mass is 16.4. The van der Waals surface area contributed by atoms with E-state index in [0.29, 0.717) is 19.4 Å². The standard InChI is InChI=1S/C13H19N3O3/c1-3-15-8-9(7-14-15)12-10(13(18)19)5-6-11(17)16(12)4-2/h7-8,10,12H,3-6H2,1-2H3,(H,18,19). The van der Waals surface area contributed by atoms with E-state index in [1.165, 1.54) is 0 Å². The van der Waals surface area contributed by atoms with E-state index in [1.54, 1.807) is 15.8 Å². The number of nitrogens with zero attached hydrogens (tertiary/aromatic N) is 3. The van der Waals surface area contributed by atoms with Crippen LogP contribution in [0.3, 0.4) is 0 Å². The number of carbonyl (C=O) groups is 2. The minimum absolute atomic E-state index is 0.0225. The van der Waals surface area contributed by atoms with Crippen molar-refractivity contribution in [3.63, 3.8) is 0 Å². The topological polar surface area (TPSA) is 75.4 Å². The van der Waals surface area contributed by atoms with Gasteiger partial charge in [-0.2, -0.15) is 5.10 Å². The fraction of sp³-hybridized carbons (Fsp3) is 0.615. The van der Waals surface area contributed by atoms with E-state index in [4.69, 9.17) is 0 Å². The third kappa shape index (κ3) is 2.47. The summed E-state index contributed by atoms with van der Waals surface area (Å²) in [5, 5.41) is 13.6. The number of piperidine rings is 1. The monoisotopic (exact) mass is 265 g/mol. The summed E-state index contributed by atoms with van der Waals surface area (Å²) < 4.78 is 1.75. The van der Waals surface area contributed by atoms with E-state index in [1.807, 2.05) is 20.0 Å². The maximum atomic E-state index is 12.0. The number of aromatic nitrogens is 2. The van der Waals surface area contributed by atoms with Crippen LogP contribution in [-0.2, 0) is 16.1 Å². The van der Waals surface area contributed by atoms with E-state index >= 15 is 0 Å². The lowest BCUT2D eigenvalue weighted by atomic mass is 9.85. The number of carbonyl (C=O) groups excluding carboxylic acids is 1. The Balaban J connectivity index is 2.37. The first-order chi connectivity index (χ1) is 9.08. The van der Waals surface area contributed by atoms with Crippen molar-refractivity contribution in [2.75, 3.05) is 6.54 Å². The quantitative estimate of drug-likeness (QED) is 0.890. The summed E-state index contributed by atoms with van der Waals surface area (Å²) in [7, 11) is 0. The Kier molecular flexibility index (Phi) is 3.87. The molecule has 6 heteroatoms. The highest BCUT2D eigenvalue weighted by Crippen LogP contribution is 2.36. The van der Waals surface area contributed by atoms with Gasteiger partial charge in [0.25, 0.3) is 0 Å². The first kappa shape index (κ1) is 13.6. The number of aryl methyl sites for hydroxylation is 1. The number of hydrogen-bond acceptors (Lipinski definition) is 3. The third-order valence-electron chi connectivity index (χ3n) is 3.68. The van der Waals surface area contributed by atoms with E-state index in [-0.39, 0.29) is 5.91 Å². The van der Waals surface area contributed by atoms with Crippen molar-refractivity contribution in [3.05, 3.63) is 18.0 Å². The van der Waals surface area contributed by atoms with Crippen LogP contribution in [0.4, 0.5) is 0 Å². The van der Waals surface area contributed by atoms with Crippen LogP contribution in [0.5, 0.6) is 0 Å². The lowest BCUT2D eigenvalue weighted by Crippen LogP contribution is -2.45. The molecule has 1 aromatic heterocycles. The Labute approximate surface area is 112 Å². The molecule has 2 rings (SSSR count). The van der Waals surface area contributed by atoms with Crippen molar-refractivity contribution >= 4 is 11.9 Å². The molecule has 6 nitrogen and oxygen atoms in total. The molecule has 0 aromatic carbocycles. The Bertz CT molecular complexity index is 481. The van der Waals surface area contributed by atoms with Gasteiger partial charge in [0.1, 0.15) is 0 Å². The molecule has 1 saturated heterocycles. The van der Waals surface area contributed by atoms with Gasteiger partial charge in [-0.15, -0.1) is 0 Å². The molecule has 1 aliphatic rings. The molecular weight excluding hydrogens is 246 g/mol. The second-order valence-corrected chi connectivity index (χ2v) is 4.74. The fourth-order valence-corrected chi connectivity index (χ4v) is 2.70. The Morgan fingerprint density at radius 3 is 2.74 bits per heavy atom. The highest BCUT2D eigenvalue weighted by molar-refractivity contribution is 5.81. The zero-order valence-corrected chi connectivity index (χ0v) is 11.2. The second kappa shape index (κ2) is 5.42.